The SMILES string of the molecule is CCC(C)CC(=O)OCC(C)(C)CC1=C(O)c2ccccc2C(=O)C1=O. The minimum Gasteiger partial charge on any atom is -0.507 e. The maximum absolute atomic E-state index is 12.4. The van der Waals surface area contributed by atoms with Crippen LogP contribution in [0.4, 0.5) is 0 Å². The summed E-state index contributed by atoms with van der Waals surface area (Å²) in [5, 5.41) is 10.5. The Morgan fingerprint density at radius 3 is 2.38 bits per heavy atom. The van der Waals surface area contributed by atoms with E-state index in [1.165, 1.54) is 6.07 Å². The fourth-order valence-corrected chi connectivity index (χ4v) is 2.87. The van der Waals surface area contributed by atoms with E-state index < -0.39 is 17.0 Å². The zero-order chi connectivity index (χ0) is 19.5. The molecule has 1 N–H and O–H groups in total. The number of hydrogen-bond donors (Lipinski definition) is 1. The summed E-state index contributed by atoms with van der Waals surface area (Å²) in [5.74, 6) is -1.49. The summed E-state index contributed by atoms with van der Waals surface area (Å²) in [6.07, 6.45) is 1.40. The van der Waals surface area contributed by atoms with E-state index in [4.69, 9.17) is 4.74 Å². The summed E-state index contributed by atoms with van der Waals surface area (Å²) < 4.78 is 5.35. The molecule has 5 nitrogen and oxygen atoms in total. The first kappa shape index (κ1) is 19.9. The molecule has 1 unspecified atom stereocenters. The van der Waals surface area contributed by atoms with Gasteiger partial charge in [-0.15, -0.1) is 0 Å². The first-order valence-electron chi connectivity index (χ1n) is 8.92. The molecular weight excluding hydrogens is 332 g/mol. The normalized spacial score (nSPS) is 15.7. The first-order valence-corrected chi connectivity index (χ1v) is 8.92. The van der Waals surface area contributed by atoms with Gasteiger partial charge in [0.15, 0.2) is 0 Å². The second kappa shape index (κ2) is 7.85. The van der Waals surface area contributed by atoms with Gasteiger partial charge in [0.25, 0.3) is 0 Å². The Balaban J connectivity index is 2.14. The number of benzene rings is 1. The number of fused-ring (bicyclic) bond motifs is 1. The first-order chi connectivity index (χ1) is 12.2. The summed E-state index contributed by atoms with van der Waals surface area (Å²) in [6, 6.07) is 6.51. The molecule has 0 aliphatic heterocycles. The molecule has 1 aliphatic carbocycles. The Bertz CT molecular complexity index is 757. The van der Waals surface area contributed by atoms with E-state index >= 15 is 0 Å². The number of aliphatic hydroxyl groups excluding tert-OH is 1. The summed E-state index contributed by atoms with van der Waals surface area (Å²) in [7, 11) is 0. The average molecular weight is 358 g/mol. The monoisotopic (exact) mass is 358 g/mol. The highest BCUT2D eigenvalue weighted by Gasteiger charge is 2.36. The predicted octanol–water partition coefficient (Wildman–Crippen LogP) is 4.12. The van der Waals surface area contributed by atoms with Crippen molar-refractivity contribution >= 4 is 23.3 Å². The lowest BCUT2D eigenvalue weighted by atomic mass is 9.79. The van der Waals surface area contributed by atoms with Crippen LogP contribution in [-0.2, 0) is 14.3 Å². The molecule has 0 spiro atoms. The van der Waals surface area contributed by atoms with E-state index in [1.54, 1.807) is 18.2 Å². The zero-order valence-corrected chi connectivity index (χ0v) is 15.8. The lowest BCUT2D eigenvalue weighted by molar-refractivity contribution is -0.147. The van der Waals surface area contributed by atoms with E-state index in [0.717, 1.165) is 6.42 Å². The van der Waals surface area contributed by atoms with Crippen molar-refractivity contribution in [1.29, 1.82) is 0 Å². The zero-order valence-electron chi connectivity index (χ0n) is 15.8. The Labute approximate surface area is 154 Å². The van der Waals surface area contributed by atoms with Gasteiger partial charge in [-0.25, -0.2) is 0 Å². The molecule has 140 valence electrons. The Hall–Kier alpha value is -2.43. The molecule has 0 radical (unpaired) electrons. The molecular formula is C21H26O5. The van der Waals surface area contributed by atoms with Gasteiger partial charge in [-0.05, 0) is 12.3 Å². The molecule has 5 heteroatoms. The molecule has 2 rings (SSSR count). The number of allylic oxidation sites excluding steroid dienone is 1. The van der Waals surface area contributed by atoms with Crippen molar-refractivity contribution in [3.05, 3.63) is 41.0 Å². The molecule has 26 heavy (non-hydrogen) atoms. The lowest BCUT2D eigenvalue weighted by Gasteiger charge is -2.27. The lowest BCUT2D eigenvalue weighted by Crippen LogP contribution is -2.30. The number of aliphatic hydroxyl groups is 1. The van der Waals surface area contributed by atoms with E-state index in [0.29, 0.717) is 12.0 Å². The van der Waals surface area contributed by atoms with Gasteiger partial charge in [-0.1, -0.05) is 58.4 Å². The van der Waals surface area contributed by atoms with Crippen molar-refractivity contribution in [2.24, 2.45) is 11.3 Å². The number of rotatable bonds is 7. The van der Waals surface area contributed by atoms with Crippen LogP contribution in [0.5, 0.6) is 0 Å². The number of carbonyl (C=O) groups excluding carboxylic acids is 3. The van der Waals surface area contributed by atoms with E-state index in [9.17, 15) is 19.5 Å². The third-order valence-electron chi connectivity index (χ3n) is 4.68. The highest BCUT2D eigenvalue weighted by atomic mass is 16.5. The molecule has 0 saturated carbocycles. The largest absolute Gasteiger partial charge is 0.507 e. The third-order valence-corrected chi connectivity index (χ3v) is 4.68. The van der Waals surface area contributed by atoms with Crippen LogP contribution in [0, 0.1) is 11.3 Å². The van der Waals surface area contributed by atoms with Gasteiger partial charge < -0.3 is 9.84 Å². The molecule has 0 fully saturated rings. The van der Waals surface area contributed by atoms with Crippen LogP contribution in [0.25, 0.3) is 5.76 Å². The van der Waals surface area contributed by atoms with Gasteiger partial charge in [0.05, 0.1) is 6.61 Å². The van der Waals surface area contributed by atoms with E-state index in [-0.39, 0.29) is 41.8 Å². The molecule has 0 aromatic heterocycles. The van der Waals surface area contributed by atoms with Crippen LogP contribution in [-0.4, -0.2) is 29.2 Å². The molecule has 1 aliphatic rings. The number of esters is 1. The predicted molar refractivity (Wildman–Crippen MR) is 98.8 cm³/mol. The highest BCUT2D eigenvalue weighted by molar-refractivity contribution is 6.52. The van der Waals surface area contributed by atoms with Crippen molar-refractivity contribution in [3.8, 4) is 0 Å². The molecule has 1 aromatic carbocycles. The van der Waals surface area contributed by atoms with Gasteiger partial charge in [0.2, 0.25) is 11.6 Å². The maximum atomic E-state index is 12.4. The summed E-state index contributed by atoms with van der Waals surface area (Å²) >= 11 is 0. The van der Waals surface area contributed by atoms with E-state index in [2.05, 4.69) is 0 Å². The average Bonchev–Trinajstić information content (AvgIpc) is 2.61. The van der Waals surface area contributed by atoms with Crippen LogP contribution >= 0.6 is 0 Å². The minimum absolute atomic E-state index is 0.0803. The molecule has 1 aromatic rings. The number of carbonyl (C=O) groups is 3. The maximum Gasteiger partial charge on any atom is 0.306 e. The Morgan fingerprint density at radius 2 is 1.77 bits per heavy atom. The van der Waals surface area contributed by atoms with Gasteiger partial charge in [0, 0.05) is 28.5 Å². The summed E-state index contributed by atoms with van der Waals surface area (Å²) in [4.78, 5) is 36.6. The second-order valence-corrected chi connectivity index (χ2v) is 7.75. The van der Waals surface area contributed by atoms with Crippen molar-refractivity contribution in [1.82, 2.24) is 0 Å². The van der Waals surface area contributed by atoms with E-state index in [1.807, 2.05) is 27.7 Å². The second-order valence-electron chi connectivity index (χ2n) is 7.75. The minimum atomic E-state index is -0.694. The molecule has 1 atom stereocenters. The Morgan fingerprint density at radius 1 is 1.15 bits per heavy atom. The van der Waals surface area contributed by atoms with Crippen LogP contribution in [0.1, 0.15) is 62.9 Å². The van der Waals surface area contributed by atoms with Gasteiger partial charge in [0.1, 0.15) is 5.76 Å². The molecule has 0 saturated heterocycles. The Kier molecular flexibility index (Phi) is 6.01. The van der Waals surface area contributed by atoms with Gasteiger partial charge in [-0.2, -0.15) is 0 Å². The topological polar surface area (TPSA) is 80.7 Å². The van der Waals surface area contributed by atoms with Crippen LogP contribution in [0.3, 0.4) is 0 Å². The quantitative estimate of drug-likeness (QED) is 0.586. The number of Topliss-reactive ketones (excluding diaryl/α,β-unsaturated/α-hetero) is 2. The standard InChI is InChI=1S/C21H26O5/c1-5-13(2)10-17(22)26-12-21(3,4)11-16-18(23)14-8-6-7-9-15(14)19(24)20(16)25/h6-9,13,23H,5,10-12H2,1-4H3. The number of ketones is 2. The fraction of sp³-hybridized carbons (Fsp3) is 0.476. The van der Waals surface area contributed by atoms with Crippen molar-refractivity contribution in [3.63, 3.8) is 0 Å². The van der Waals surface area contributed by atoms with Crippen LogP contribution in [0.2, 0.25) is 0 Å². The van der Waals surface area contributed by atoms with Gasteiger partial charge >= 0.3 is 5.97 Å². The molecule has 0 heterocycles. The third kappa shape index (κ3) is 4.40. The number of ether oxygens (including phenoxy) is 1. The smallest absolute Gasteiger partial charge is 0.306 e. The van der Waals surface area contributed by atoms with Gasteiger partial charge in [-0.3, -0.25) is 14.4 Å². The van der Waals surface area contributed by atoms with Crippen LogP contribution < -0.4 is 0 Å². The summed E-state index contributed by atoms with van der Waals surface area (Å²) in [6.45, 7) is 7.78. The number of hydrogen-bond acceptors (Lipinski definition) is 5. The molecule has 0 amide bonds. The van der Waals surface area contributed by atoms with Crippen molar-refractivity contribution < 1.29 is 24.2 Å². The molecule has 0 bridgehead atoms. The summed E-state index contributed by atoms with van der Waals surface area (Å²) in [5.41, 5.74) is 0.0845. The highest BCUT2D eigenvalue weighted by Crippen LogP contribution is 2.35. The van der Waals surface area contributed by atoms with Crippen LogP contribution in [0.15, 0.2) is 29.8 Å². The fourth-order valence-electron chi connectivity index (χ4n) is 2.87. The van der Waals surface area contributed by atoms with Crippen molar-refractivity contribution in [2.45, 2.75) is 47.0 Å². The van der Waals surface area contributed by atoms with Crippen molar-refractivity contribution in [2.75, 3.05) is 6.61 Å².